The van der Waals surface area contributed by atoms with Gasteiger partial charge in [-0.15, -0.1) is 0 Å². The number of nitrogens with zero attached hydrogens (tertiary/aromatic N) is 1. The van der Waals surface area contributed by atoms with E-state index in [1.54, 1.807) is 6.20 Å². The molecular weight excluding hydrogens is 272 g/mol. The highest BCUT2D eigenvalue weighted by Gasteiger charge is 2.20. The van der Waals surface area contributed by atoms with Crippen molar-refractivity contribution in [3.8, 4) is 0 Å². The van der Waals surface area contributed by atoms with Crippen molar-refractivity contribution in [2.75, 3.05) is 0 Å². The minimum atomic E-state index is -0.994. The van der Waals surface area contributed by atoms with Crippen molar-refractivity contribution in [3.05, 3.63) is 34.4 Å². The lowest BCUT2D eigenvalue weighted by molar-refractivity contribution is -0.138. The summed E-state index contributed by atoms with van der Waals surface area (Å²) in [7, 11) is 0. The highest BCUT2D eigenvalue weighted by atomic mass is 79.9. The number of fused-ring (bicyclic) bond motifs is 1. The SMILES string of the molecule is N[C@@H](CC1=C[N]c2cc(Br)ccc21)C(=O)O. The second kappa shape index (κ2) is 4.27. The van der Waals surface area contributed by atoms with Crippen molar-refractivity contribution in [1.82, 2.24) is 5.32 Å². The molecule has 2 rings (SSSR count). The molecule has 1 aromatic carbocycles. The van der Waals surface area contributed by atoms with Gasteiger partial charge in [0, 0.05) is 22.7 Å². The van der Waals surface area contributed by atoms with Crippen LogP contribution in [-0.2, 0) is 4.79 Å². The highest BCUT2D eigenvalue weighted by Crippen LogP contribution is 2.34. The van der Waals surface area contributed by atoms with E-state index < -0.39 is 12.0 Å². The van der Waals surface area contributed by atoms with Crippen molar-refractivity contribution in [3.63, 3.8) is 0 Å². The average Bonchev–Trinajstić information content (AvgIpc) is 2.60. The first-order chi connectivity index (χ1) is 7.58. The zero-order chi connectivity index (χ0) is 11.7. The van der Waals surface area contributed by atoms with Crippen LogP contribution in [0.25, 0.3) is 5.57 Å². The van der Waals surface area contributed by atoms with Crippen LogP contribution in [0.5, 0.6) is 0 Å². The highest BCUT2D eigenvalue weighted by molar-refractivity contribution is 9.10. The lowest BCUT2D eigenvalue weighted by atomic mass is 10.0. The zero-order valence-corrected chi connectivity index (χ0v) is 9.94. The molecule has 4 nitrogen and oxygen atoms in total. The van der Waals surface area contributed by atoms with Crippen molar-refractivity contribution >= 4 is 33.2 Å². The lowest BCUT2D eigenvalue weighted by Gasteiger charge is -2.07. The van der Waals surface area contributed by atoms with E-state index in [1.807, 2.05) is 18.2 Å². The second-order valence-corrected chi connectivity index (χ2v) is 4.51. The van der Waals surface area contributed by atoms with Crippen LogP contribution < -0.4 is 11.1 Å². The van der Waals surface area contributed by atoms with Crippen LogP contribution in [0.4, 0.5) is 5.69 Å². The Bertz CT molecular complexity index is 471. The molecule has 1 aromatic rings. The molecule has 3 N–H and O–H groups in total. The number of carbonyl (C=O) groups is 1. The number of carboxylic acids is 1. The van der Waals surface area contributed by atoms with Crippen LogP contribution in [0, 0.1) is 0 Å². The van der Waals surface area contributed by atoms with E-state index in [2.05, 4.69) is 21.2 Å². The van der Waals surface area contributed by atoms with Crippen LogP contribution >= 0.6 is 15.9 Å². The van der Waals surface area contributed by atoms with Crippen molar-refractivity contribution in [2.24, 2.45) is 5.73 Å². The van der Waals surface area contributed by atoms with E-state index in [0.717, 1.165) is 21.3 Å². The fourth-order valence-electron chi connectivity index (χ4n) is 1.59. The second-order valence-electron chi connectivity index (χ2n) is 3.59. The van der Waals surface area contributed by atoms with Crippen LogP contribution in [0.3, 0.4) is 0 Å². The van der Waals surface area contributed by atoms with Gasteiger partial charge < -0.3 is 10.8 Å². The van der Waals surface area contributed by atoms with Gasteiger partial charge in [-0.2, -0.15) is 0 Å². The summed E-state index contributed by atoms with van der Waals surface area (Å²) in [5.74, 6) is -0.994. The van der Waals surface area contributed by atoms with Gasteiger partial charge in [-0.3, -0.25) is 10.1 Å². The standard InChI is InChI=1S/C11H10BrN2O2/c12-7-1-2-8-6(3-9(13)11(15)16)5-14-10(8)4-7/h1-2,4-5,9H,3,13H2,(H,15,16)/t9-/m0/s1. The van der Waals surface area contributed by atoms with Crippen LogP contribution in [0.15, 0.2) is 28.9 Å². The molecule has 0 aliphatic carbocycles. The smallest absolute Gasteiger partial charge is 0.320 e. The van der Waals surface area contributed by atoms with E-state index in [9.17, 15) is 4.79 Å². The Morgan fingerprint density at radius 2 is 2.31 bits per heavy atom. The predicted molar refractivity (Wildman–Crippen MR) is 64.1 cm³/mol. The largest absolute Gasteiger partial charge is 0.480 e. The number of carboxylic acid groups (broad SMARTS) is 1. The summed E-state index contributed by atoms with van der Waals surface area (Å²) in [6, 6.07) is 4.83. The lowest BCUT2D eigenvalue weighted by Crippen LogP contribution is -2.30. The first-order valence-electron chi connectivity index (χ1n) is 4.76. The van der Waals surface area contributed by atoms with Gasteiger partial charge in [0.05, 0.1) is 5.69 Å². The van der Waals surface area contributed by atoms with E-state index in [-0.39, 0.29) is 0 Å². The predicted octanol–water partition coefficient (Wildman–Crippen LogP) is 1.84. The van der Waals surface area contributed by atoms with Gasteiger partial charge in [-0.1, -0.05) is 22.0 Å². The van der Waals surface area contributed by atoms with Crippen molar-refractivity contribution in [2.45, 2.75) is 12.5 Å². The van der Waals surface area contributed by atoms with Crippen LogP contribution in [-0.4, -0.2) is 17.1 Å². The Hall–Kier alpha value is -1.33. The van der Waals surface area contributed by atoms with Gasteiger partial charge in [0.1, 0.15) is 6.04 Å². The number of rotatable bonds is 3. The maximum Gasteiger partial charge on any atom is 0.320 e. The number of benzene rings is 1. The molecule has 1 aliphatic heterocycles. The number of aliphatic carboxylic acids is 1. The molecule has 0 amide bonds. The molecule has 0 unspecified atom stereocenters. The van der Waals surface area contributed by atoms with Gasteiger partial charge in [-0.25, -0.2) is 0 Å². The molecule has 0 spiro atoms. The summed E-state index contributed by atoms with van der Waals surface area (Å²) in [4.78, 5) is 10.7. The molecule has 1 aliphatic rings. The molecule has 5 heteroatoms. The van der Waals surface area contributed by atoms with Crippen molar-refractivity contribution < 1.29 is 9.90 Å². The molecule has 0 fully saturated rings. The summed E-state index contributed by atoms with van der Waals surface area (Å²) in [5, 5.41) is 13.0. The van der Waals surface area contributed by atoms with Gasteiger partial charge in [-0.05, 0) is 17.7 Å². The third-order valence-corrected chi connectivity index (χ3v) is 2.92. The van der Waals surface area contributed by atoms with E-state index >= 15 is 0 Å². The normalized spacial score (nSPS) is 15.0. The van der Waals surface area contributed by atoms with E-state index in [1.165, 1.54) is 0 Å². The van der Waals surface area contributed by atoms with Crippen molar-refractivity contribution in [1.29, 1.82) is 0 Å². The molecule has 0 saturated heterocycles. The first kappa shape index (κ1) is 11.2. The topological polar surface area (TPSA) is 77.4 Å². The quantitative estimate of drug-likeness (QED) is 0.888. The molecule has 16 heavy (non-hydrogen) atoms. The Kier molecular flexibility index (Phi) is 2.98. The molecule has 0 saturated carbocycles. The van der Waals surface area contributed by atoms with Gasteiger partial charge in [0.25, 0.3) is 0 Å². The third kappa shape index (κ3) is 2.10. The van der Waals surface area contributed by atoms with E-state index in [4.69, 9.17) is 10.8 Å². The average molecular weight is 282 g/mol. The first-order valence-corrected chi connectivity index (χ1v) is 5.55. The Morgan fingerprint density at radius 1 is 1.56 bits per heavy atom. The monoisotopic (exact) mass is 281 g/mol. The summed E-state index contributed by atoms with van der Waals surface area (Å²) in [6.07, 6.45) is 1.98. The molecule has 1 radical (unpaired) electrons. The third-order valence-electron chi connectivity index (χ3n) is 2.42. The zero-order valence-electron chi connectivity index (χ0n) is 8.35. The fourth-order valence-corrected chi connectivity index (χ4v) is 1.94. The summed E-state index contributed by atoms with van der Waals surface area (Å²) in [6.45, 7) is 0. The number of hydrogen-bond donors (Lipinski definition) is 2. The van der Waals surface area contributed by atoms with Crippen LogP contribution in [0.2, 0.25) is 0 Å². The summed E-state index contributed by atoms with van der Waals surface area (Å²) in [5.41, 5.74) is 8.17. The number of nitrogens with two attached hydrogens (primary N) is 1. The van der Waals surface area contributed by atoms with Gasteiger partial charge in [0.2, 0.25) is 0 Å². The molecule has 83 valence electrons. The molecule has 0 aromatic heterocycles. The van der Waals surface area contributed by atoms with E-state index in [0.29, 0.717) is 6.42 Å². The minimum Gasteiger partial charge on any atom is -0.480 e. The summed E-state index contributed by atoms with van der Waals surface area (Å²) < 4.78 is 0.951. The van der Waals surface area contributed by atoms with Crippen LogP contribution in [0.1, 0.15) is 12.0 Å². The number of halogens is 1. The van der Waals surface area contributed by atoms with Gasteiger partial charge >= 0.3 is 5.97 Å². The fraction of sp³-hybridized carbons (Fsp3) is 0.182. The number of hydrogen-bond acceptors (Lipinski definition) is 2. The minimum absolute atomic E-state index is 0.299. The summed E-state index contributed by atoms with van der Waals surface area (Å²) >= 11 is 3.36. The Labute approximate surface area is 101 Å². The Morgan fingerprint density at radius 3 is 3.00 bits per heavy atom. The molecule has 0 bridgehead atoms. The maximum absolute atomic E-state index is 10.7. The molecule has 1 atom stereocenters. The Balaban J connectivity index is 2.20. The maximum atomic E-state index is 10.7. The molecular formula is C11H10BrN2O2. The molecule has 1 heterocycles. The van der Waals surface area contributed by atoms with Gasteiger partial charge in [0.15, 0.2) is 0 Å².